The Morgan fingerprint density at radius 3 is 2.67 bits per heavy atom. The molecule has 2 fully saturated rings. The summed E-state index contributed by atoms with van der Waals surface area (Å²) < 4.78 is 0. The second-order valence-corrected chi connectivity index (χ2v) is 5.30. The van der Waals surface area contributed by atoms with Gasteiger partial charge in [-0.15, -0.1) is 0 Å². The predicted octanol–water partition coefficient (Wildman–Crippen LogP) is 2.41. The highest BCUT2D eigenvalue weighted by Gasteiger charge is 2.49. The number of rotatable bonds is 3. The SMILES string of the molecule is CCC(CC)C1(O)CCN2CCCCC21. The number of fused-ring (bicyclic) bond motifs is 1. The third kappa shape index (κ3) is 1.83. The molecule has 2 aliphatic rings. The largest absolute Gasteiger partial charge is 0.388 e. The third-order valence-electron chi connectivity index (χ3n) is 4.68. The van der Waals surface area contributed by atoms with Crippen molar-refractivity contribution in [2.45, 2.75) is 64.0 Å². The minimum absolute atomic E-state index is 0.371. The molecule has 2 rings (SSSR count). The predicted molar refractivity (Wildman–Crippen MR) is 62.9 cm³/mol. The smallest absolute Gasteiger partial charge is 0.0842 e. The fourth-order valence-corrected chi connectivity index (χ4v) is 3.79. The molecule has 2 unspecified atom stereocenters. The van der Waals surface area contributed by atoms with Crippen LogP contribution in [0.4, 0.5) is 0 Å². The van der Waals surface area contributed by atoms with Gasteiger partial charge in [-0.1, -0.05) is 33.1 Å². The zero-order chi connectivity index (χ0) is 10.9. The summed E-state index contributed by atoms with van der Waals surface area (Å²) in [5.74, 6) is 0.505. The van der Waals surface area contributed by atoms with E-state index in [4.69, 9.17) is 0 Å². The van der Waals surface area contributed by atoms with E-state index in [0.29, 0.717) is 12.0 Å². The summed E-state index contributed by atoms with van der Waals surface area (Å²) in [6.07, 6.45) is 7.10. The van der Waals surface area contributed by atoms with Crippen molar-refractivity contribution in [1.82, 2.24) is 4.90 Å². The first-order valence-electron chi connectivity index (χ1n) is 6.68. The molecule has 2 saturated heterocycles. The van der Waals surface area contributed by atoms with Crippen molar-refractivity contribution in [1.29, 1.82) is 0 Å². The van der Waals surface area contributed by atoms with Crippen molar-refractivity contribution >= 4 is 0 Å². The van der Waals surface area contributed by atoms with Gasteiger partial charge in [0.25, 0.3) is 0 Å². The Kier molecular flexibility index (Phi) is 3.36. The molecule has 2 atom stereocenters. The Balaban J connectivity index is 2.13. The summed E-state index contributed by atoms with van der Waals surface area (Å²) in [7, 11) is 0. The van der Waals surface area contributed by atoms with Crippen LogP contribution in [0.5, 0.6) is 0 Å². The molecular formula is C13H25NO. The molecule has 0 radical (unpaired) electrons. The lowest BCUT2D eigenvalue weighted by atomic mass is 9.76. The van der Waals surface area contributed by atoms with E-state index in [1.165, 1.54) is 25.8 Å². The summed E-state index contributed by atoms with van der Waals surface area (Å²) >= 11 is 0. The molecule has 88 valence electrons. The van der Waals surface area contributed by atoms with Gasteiger partial charge in [-0.05, 0) is 31.7 Å². The van der Waals surface area contributed by atoms with Crippen molar-refractivity contribution in [3.63, 3.8) is 0 Å². The van der Waals surface area contributed by atoms with Gasteiger partial charge in [0.1, 0.15) is 0 Å². The first-order chi connectivity index (χ1) is 7.22. The van der Waals surface area contributed by atoms with Crippen LogP contribution in [0.15, 0.2) is 0 Å². The minimum atomic E-state index is -0.371. The maximum Gasteiger partial charge on any atom is 0.0842 e. The zero-order valence-corrected chi connectivity index (χ0v) is 10.2. The van der Waals surface area contributed by atoms with Crippen LogP contribution in [0.3, 0.4) is 0 Å². The van der Waals surface area contributed by atoms with Gasteiger partial charge in [0, 0.05) is 12.6 Å². The summed E-state index contributed by atoms with van der Waals surface area (Å²) in [5, 5.41) is 10.9. The van der Waals surface area contributed by atoms with Crippen LogP contribution in [0.2, 0.25) is 0 Å². The second-order valence-electron chi connectivity index (χ2n) is 5.30. The lowest BCUT2D eigenvalue weighted by molar-refractivity contribution is -0.0589. The molecule has 0 aromatic carbocycles. The van der Waals surface area contributed by atoms with E-state index < -0.39 is 0 Å². The monoisotopic (exact) mass is 211 g/mol. The zero-order valence-electron chi connectivity index (χ0n) is 10.2. The Morgan fingerprint density at radius 2 is 2.00 bits per heavy atom. The fourth-order valence-electron chi connectivity index (χ4n) is 3.79. The van der Waals surface area contributed by atoms with Crippen molar-refractivity contribution in [3.8, 4) is 0 Å². The van der Waals surface area contributed by atoms with Crippen molar-refractivity contribution in [2.75, 3.05) is 13.1 Å². The van der Waals surface area contributed by atoms with Gasteiger partial charge in [-0.2, -0.15) is 0 Å². The van der Waals surface area contributed by atoms with Gasteiger partial charge >= 0.3 is 0 Å². The molecule has 2 nitrogen and oxygen atoms in total. The van der Waals surface area contributed by atoms with E-state index in [1.54, 1.807) is 0 Å². The van der Waals surface area contributed by atoms with Crippen LogP contribution in [0, 0.1) is 5.92 Å². The Labute approximate surface area is 93.7 Å². The average molecular weight is 211 g/mol. The number of nitrogens with zero attached hydrogens (tertiary/aromatic N) is 1. The van der Waals surface area contributed by atoms with E-state index in [-0.39, 0.29) is 5.60 Å². The van der Waals surface area contributed by atoms with Gasteiger partial charge in [0.05, 0.1) is 5.60 Å². The minimum Gasteiger partial charge on any atom is -0.388 e. The molecule has 0 spiro atoms. The van der Waals surface area contributed by atoms with Gasteiger partial charge in [0.2, 0.25) is 0 Å². The van der Waals surface area contributed by atoms with Crippen LogP contribution in [0.1, 0.15) is 52.4 Å². The molecule has 15 heavy (non-hydrogen) atoms. The van der Waals surface area contributed by atoms with Crippen molar-refractivity contribution in [3.05, 3.63) is 0 Å². The van der Waals surface area contributed by atoms with Crippen LogP contribution in [0.25, 0.3) is 0 Å². The van der Waals surface area contributed by atoms with Gasteiger partial charge in [-0.25, -0.2) is 0 Å². The van der Waals surface area contributed by atoms with Gasteiger partial charge < -0.3 is 5.11 Å². The highest BCUT2D eigenvalue weighted by Crippen LogP contribution is 2.42. The molecule has 0 amide bonds. The van der Waals surface area contributed by atoms with E-state index in [0.717, 1.165) is 25.8 Å². The van der Waals surface area contributed by atoms with E-state index in [2.05, 4.69) is 18.7 Å². The van der Waals surface area contributed by atoms with Crippen molar-refractivity contribution < 1.29 is 5.11 Å². The highest BCUT2D eigenvalue weighted by atomic mass is 16.3. The Bertz CT molecular complexity index is 215. The normalized spacial score (nSPS) is 37.2. The number of hydrogen-bond donors (Lipinski definition) is 1. The standard InChI is InChI=1S/C13H25NO/c1-3-11(4-2)13(15)8-10-14-9-6-5-7-12(13)14/h11-12,15H,3-10H2,1-2H3. The van der Waals surface area contributed by atoms with E-state index >= 15 is 0 Å². The molecule has 2 heteroatoms. The topological polar surface area (TPSA) is 23.5 Å². The third-order valence-corrected chi connectivity index (χ3v) is 4.68. The van der Waals surface area contributed by atoms with Gasteiger partial charge in [0.15, 0.2) is 0 Å². The maximum atomic E-state index is 10.9. The first-order valence-corrected chi connectivity index (χ1v) is 6.68. The lowest BCUT2D eigenvalue weighted by Gasteiger charge is -2.41. The molecule has 0 bridgehead atoms. The maximum absolute atomic E-state index is 10.9. The van der Waals surface area contributed by atoms with E-state index in [9.17, 15) is 5.11 Å². The molecule has 0 saturated carbocycles. The quantitative estimate of drug-likeness (QED) is 0.775. The molecule has 0 aromatic rings. The molecule has 1 N–H and O–H groups in total. The molecule has 2 aliphatic heterocycles. The summed E-state index contributed by atoms with van der Waals surface area (Å²) in [4.78, 5) is 2.53. The number of piperidine rings is 1. The van der Waals surface area contributed by atoms with Crippen LogP contribution >= 0.6 is 0 Å². The summed E-state index contributed by atoms with van der Waals surface area (Å²) in [6, 6.07) is 0.469. The van der Waals surface area contributed by atoms with Crippen molar-refractivity contribution in [2.24, 2.45) is 5.92 Å². The molecular weight excluding hydrogens is 186 g/mol. The van der Waals surface area contributed by atoms with E-state index in [1.807, 2.05) is 0 Å². The first kappa shape index (κ1) is 11.4. The fraction of sp³-hybridized carbons (Fsp3) is 1.00. The number of hydrogen-bond acceptors (Lipinski definition) is 2. The molecule has 2 heterocycles. The molecule has 0 aromatic heterocycles. The Morgan fingerprint density at radius 1 is 1.27 bits per heavy atom. The summed E-state index contributed by atoms with van der Waals surface area (Å²) in [6.45, 7) is 6.78. The van der Waals surface area contributed by atoms with Crippen LogP contribution in [-0.2, 0) is 0 Å². The second kappa shape index (κ2) is 4.42. The van der Waals surface area contributed by atoms with Crippen LogP contribution in [-0.4, -0.2) is 34.7 Å². The highest BCUT2D eigenvalue weighted by molar-refractivity contribution is 5.04. The number of aliphatic hydroxyl groups is 1. The lowest BCUT2D eigenvalue weighted by Crippen LogP contribution is -2.51. The van der Waals surface area contributed by atoms with Crippen LogP contribution < -0.4 is 0 Å². The van der Waals surface area contributed by atoms with Gasteiger partial charge in [-0.3, -0.25) is 4.90 Å². The average Bonchev–Trinajstić information content (AvgIpc) is 2.60. The Hall–Kier alpha value is -0.0800. The summed E-state index contributed by atoms with van der Waals surface area (Å²) in [5.41, 5.74) is -0.371. The molecule has 0 aliphatic carbocycles.